The van der Waals surface area contributed by atoms with Crippen LogP contribution >= 0.6 is 0 Å². The van der Waals surface area contributed by atoms with Crippen LogP contribution in [0, 0.1) is 36.9 Å². The first-order valence-corrected chi connectivity index (χ1v) is 3.57. The van der Waals surface area contributed by atoms with E-state index in [9.17, 15) is 0 Å². The summed E-state index contributed by atoms with van der Waals surface area (Å²) in [5, 5.41) is 0. The van der Waals surface area contributed by atoms with Crippen LogP contribution in [0.25, 0.3) is 0 Å². The fourth-order valence-electron chi connectivity index (χ4n) is 0. The molecule has 0 rings (SSSR count). The van der Waals surface area contributed by atoms with Crippen molar-refractivity contribution in [3.63, 3.8) is 0 Å². The van der Waals surface area contributed by atoms with Crippen LogP contribution in [-0.4, -0.2) is 27.3 Å². The predicted molar refractivity (Wildman–Crippen MR) is 10.9 cm³/mol. The van der Waals surface area contributed by atoms with E-state index in [2.05, 4.69) is 0 Å². The van der Waals surface area contributed by atoms with Gasteiger partial charge in [0.2, 0.25) is 0 Å². The molecule has 0 saturated carbocycles. The molecule has 0 aliphatic heterocycles. The zero-order chi connectivity index (χ0) is 3.58. The third kappa shape index (κ3) is 26.5. The van der Waals surface area contributed by atoms with Crippen molar-refractivity contribution in [1.82, 2.24) is 0 Å². The van der Waals surface area contributed by atoms with Crippen molar-refractivity contribution in [3.8, 4) is 0 Å². The first-order chi connectivity index (χ1) is 1.73. The molecule has 0 aromatic rings. The summed E-state index contributed by atoms with van der Waals surface area (Å²) in [4.78, 5) is 0. The van der Waals surface area contributed by atoms with Crippen LogP contribution in [0.3, 0.4) is 0 Å². The molecule has 0 amide bonds. The molecule has 0 unspecified atom stereocenters. The van der Waals surface area contributed by atoms with E-state index in [-0.39, 0.29) is 36.9 Å². The molecular formula is H2O3TeTm. The van der Waals surface area contributed by atoms with Gasteiger partial charge in [-0.3, -0.25) is 0 Å². The monoisotopic (exact) mass is 349 g/mol. The van der Waals surface area contributed by atoms with Crippen LogP contribution in [0.1, 0.15) is 0 Å². The smallest absolute Gasteiger partial charge is 0 e. The Morgan fingerprint density at radius 3 is 1.40 bits per heavy atom. The topological polar surface area (TPSA) is 57.5 Å². The van der Waals surface area contributed by atoms with E-state index in [1.807, 2.05) is 0 Å². The Morgan fingerprint density at radius 2 is 1.40 bits per heavy atom. The Balaban J connectivity index is 0. The van der Waals surface area contributed by atoms with Crippen molar-refractivity contribution in [2.24, 2.45) is 0 Å². The molecular weight excluding hydrogens is 345 g/mol. The molecule has 0 fully saturated rings. The molecule has 2 N–H and O–H groups in total. The van der Waals surface area contributed by atoms with Gasteiger partial charge in [0.25, 0.3) is 0 Å². The summed E-state index contributed by atoms with van der Waals surface area (Å²) < 4.78 is 23.3. The fourth-order valence-corrected chi connectivity index (χ4v) is 0. The number of hydrogen-bond donors (Lipinski definition) is 2. The van der Waals surface area contributed by atoms with Gasteiger partial charge in [0.1, 0.15) is 0 Å². The molecule has 39 valence electrons. The van der Waals surface area contributed by atoms with Gasteiger partial charge in [0.15, 0.2) is 0 Å². The van der Waals surface area contributed by atoms with E-state index in [0.29, 0.717) is 0 Å². The van der Waals surface area contributed by atoms with Gasteiger partial charge in [-0.1, -0.05) is 0 Å². The van der Waals surface area contributed by atoms with E-state index in [4.69, 9.17) is 10.0 Å². The van der Waals surface area contributed by atoms with Crippen LogP contribution in [-0.2, 0) is 3.10 Å². The van der Waals surface area contributed by atoms with Crippen molar-refractivity contribution in [3.05, 3.63) is 0 Å². The Morgan fingerprint density at radius 1 is 1.40 bits per heavy atom. The Labute approximate surface area is 66.3 Å². The molecule has 5 heavy (non-hydrogen) atoms. The summed E-state index contributed by atoms with van der Waals surface area (Å²) in [6.45, 7) is 0. The molecule has 0 saturated heterocycles. The maximum atomic E-state index is 8.81. The third-order valence-corrected chi connectivity index (χ3v) is 0. The normalized spacial score (nSPS) is 7.00. The molecule has 0 aliphatic carbocycles. The van der Waals surface area contributed by atoms with Crippen molar-refractivity contribution in [1.29, 1.82) is 0 Å². The van der Waals surface area contributed by atoms with E-state index >= 15 is 0 Å². The molecule has 5 heteroatoms. The summed E-state index contributed by atoms with van der Waals surface area (Å²) in [6, 6.07) is 0. The van der Waals surface area contributed by atoms with E-state index in [0.717, 1.165) is 0 Å². The van der Waals surface area contributed by atoms with E-state index in [1.165, 1.54) is 0 Å². The minimum absolute atomic E-state index is 0. The van der Waals surface area contributed by atoms with Crippen molar-refractivity contribution in [2.75, 3.05) is 0 Å². The molecule has 0 aliphatic rings. The quantitative estimate of drug-likeness (QED) is 0.519. The molecule has 0 spiro atoms. The molecule has 3 nitrogen and oxygen atoms in total. The minimum Gasteiger partial charge on any atom is 0 e. The van der Waals surface area contributed by atoms with Crippen molar-refractivity contribution in [2.45, 2.75) is 0 Å². The number of hydrogen-bond acceptors (Lipinski definition) is 1. The van der Waals surface area contributed by atoms with Crippen LogP contribution < -0.4 is 0 Å². The Bertz CT molecular complexity index is 29.9. The summed E-state index contributed by atoms with van der Waals surface area (Å²) in [5.41, 5.74) is 0. The minimum atomic E-state index is -3.61. The van der Waals surface area contributed by atoms with Crippen LogP contribution in [0.4, 0.5) is 0 Å². The fraction of sp³-hybridized carbons (Fsp3) is 0. The van der Waals surface area contributed by atoms with Gasteiger partial charge in [0, 0.05) is 36.9 Å². The van der Waals surface area contributed by atoms with Crippen molar-refractivity contribution < 1.29 is 46.9 Å². The molecule has 0 aromatic heterocycles. The largest absolute Gasteiger partial charge is 0 e. The van der Waals surface area contributed by atoms with Crippen LogP contribution in [0.2, 0.25) is 0 Å². The first kappa shape index (κ1) is 9.89. The van der Waals surface area contributed by atoms with Crippen LogP contribution in [0.5, 0.6) is 0 Å². The standard InChI is InChI=1S/H2O3Te.Tm/c1-4(2)3;/h(H2,1,2,3);. The Hall–Kier alpha value is 1.74. The Kier molecular flexibility index (Phi) is 11.4. The second kappa shape index (κ2) is 5.74. The number of rotatable bonds is 0. The zero-order valence-electron chi connectivity index (χ0n) is 1.99. The van der Waals surface area contributed by atoms with E-state index in [1.54, 1.807) is 0 Å². The summed E-state index contributed by atoms with van der Waals surface area (Å²) >= 11 is -3.61. The average molecular weight is 347 g/mol. The second-order valence-electron chi connectivity index (χ2n) is 0.231. The van der Waals surface area contributed by atoms with Gasteiger partial charge < -0.3 is 0 Å². The third-order valence-electron chi connectivity index (χ3n) is 0. The van der Waals surface area contributed by atoms with Gasteiger partial charge in [0.05, 0.1) is 0 Å². The van der Waals surface area contributed by atoms with Crippen molar-refractivity contribution >= 4 is 20.4 Å². The van der Waals surface area contributed by atoms with E-state index < -0.39 is 20.4 Å². The van der Waals surface area contributed by atoms with Crippen LogP contribution in [0.15, 0.2) is 0 Å². The second-order valence-corrected chi connectivity index (χ2v) is 1.55. The predicted octanol–water partition coefficient (Wildman–Crippen LogP) is -1.61. The maximum absolute atomic E-state index is 8.81. The molecule has 0 bridgehead atoms. The van der Waals surface area contributed by atoms with Gasteiger partial charge in [-0.2, -0.15) is 0 Å². The summed E-state index contributed by atoms with van der Waals surface area (Å²) in [7, 11) is 0. The van der Waals surface area contributed by atoms with Gasteiger partial charge >= 0.3 is 30.4 Å². The molecule has 0 aromatic carbocycles. The van der Waals surface area contributed by atoms with Gasteiger partial charge in [-0.25, -0.2) is 0 Å². The van der Waals surface area contributed by atoms with Gasteiger partial charge in [-0.15, -0.1) is 0 Å². The zero-order valence-corrected chi connectivity index (χ0v) is 6.10. The first-order valence-electron chi connectivity index (χ1n) is 0.532. The molecule has 1 radical (unpaired) electrons. The SMILES string of the molecule is O=[Te](O)O.[Tm]. The maximum Gasteiger partial charge on any atom is 0 e. The average Bonchev–Trinajstić information content (AvgIpc) is 0.811. The molecule has 0 heterocycles. The molecule has 0 atom stereocenters. The summed E-state index contributed by atoms with van der Waals surface area (Å²) in [5.74, 6) is 0. The summed E-state index contributed by atoms with van der Waals surface area (Å²) in [6.07, 6.45) is 0. The van der Waals surface area contributed by atoms with Gasteiger partial charge in [-0.05, 0) is 0 Å².